The molecular weight excluding hydrogens is 442 g/mol. The average molecular weight is 468 g/mol. The van der Waals surface area contributed by atoms with Crippen LogP contribution in [0.4, 0.5) is 0 Å². The number of aliphatic hydroxyl groups is 1. The number of carbonyl (C=O) groups is 2. The summed E-state index contributed by atoms with van der Waals surface area (Å²) in [5.41, 5.74) is 3.34. The first-order valence-corrected chi connectivity index (χ1v) is 11.2. The maximum atomic E-state index is 13.0. The van der Waals surface area contributed by atoms with E-state index in [1.165, 1.54) is 0 Å². The van der Waals surface area contributed by atoms with Crippen molar-refractivity contribution in [1.29, 1.82) is 0 Å². The van der Waals surface area contributed by atoms with E-state index in [9.17, 15) is 9.59 Å². The van der Waals surface area contributed by atoms with Gasteiger partial charge in [-0.3, -0.25) is 14.6 Å². The number of amides is 2. The predicted molar refractivity (Wildman–Crippen MR) is 133 cm³/mol. The van der Waals surface area contributed by atoms with E-state index in [-0.39, 0.29) is 18.8 Å². The number of hydrogen-bond acceptors (Lipinski definition) is 5. The van der Waals surface area contributed by atoms with Crippen LogP contribution in [0.5, 0.6) is 0 Å². The number of hydrogen-bond donors (Lipinski definition) is 3. The molecule has 0 bridgehead atoms. The fourth-order valence-electron chi connectivity index (χ4n) is 3.41. The maximum Gasteiger partial charge on any atom is 0.267 e. The lowest BCUT2D eigenvalue weighted by Gasteiger charge is -2.11. The highest BCUT2D eigenvalue weighted by Gasteiger charge is 2.18. The van der Waals surface area contributed by atoms with Gasteiger partial charge in [0.15, 0.2) is 0 Å². The molecule has 176 valence electrons. The Bertz CT molecular complexity index is 1300. The molecule has 2 amide bonds. The van der Waals surface area contributed by atoms with Gasteiger partial charge in [0.1, 0.15) is 11.4 Å². The molecule has 35 heavy (non-hydrogen) atoms. The Labute approximate surface area is 203 Å². The highest BCUT2D eigenvalue weighted by Crippen LogP contribution is 2.25. The highest BCUT2D eigenvalue weighted by atomic mass is 16.3. The quantitative estimate of drug-likeness (QED) is 0.259. The Balaban J connectivity index is 1.76. The largest absolute Gasteiger partial charge is 0.396 e. The van der Waals surface area contributed by atoms with Crippen LogP contribution in [0.25, 0.3) is 23.0 Å². The van der Waals surface area contributed by atoms with E-state index < -0.39 is 11.8 Å². The zero-order valence-corrected chi connectivity index (χ0v) is 19.0. The summed E-state index contributed by atoms with van der Waals surface area (Å²) in [6.07, 6.45) is 7.17. The number of para-hydroxylation sites is 1. The van der Waals surface area contributed by atoms with Gasteiger partial charge in [0, 0.05) is 48.4 Å². The first-order valence-electron chi connectivity index (χ1n) is 11.2. The van der Waals surface area contributed by atoms with E-state index >= 15 is 0 Å². The Hall–Kier alpha value is -4.56. The molecule has 2 aromatic carbocycles. The van der Waals surface area contributed by atoms with Gasteiger partial charge in [-0.05, 0) is 48.9 Å². The summed E-state index contributed by atoms with van der Waals surface area (Å²) in [5, 5.41) is 19.3. The Kier molecular flexibility index (Phi) is 7.77. The number of aliphatic hydroxyl groups excluding tert-OH is 1. The summed E-state index contributed by atoms with van der Waals surface area (Å²) in [5.74, 6) is -0.875. The van der Waals surface area contributed by atoms with Crippen LogP contribution in [-0.2, 0) is 4.79 Å². The third kappa shape index (κ3) is 6.07. The highest BCUT2D eigenvalue weighted by molar-refractivity contribution is 6.05. The molecule has 0 spiro atoms. The Morgan fingerprint density at radius 3 is 2.40 bits per heavy atom. The van der Waals surface area contributed by atoms with Crippen LogP contribution in [0.2, 0.25) is 0 Å². The van der Waals surface area contributed by atoms with Crippen LogP contribution in [-0.4, -0.2) is 44.8 Å². The van der Waals surface area contributed by atoms with E-state index in [1.54, 1.807) is 53.6 Å². The number of aromatic nitrogens is 3. The van der Waals surface area contributed by atoms with E-state index in [4.69, 9.17) is 10.2 Å². The fraction of sp³-hybridized carbons (Fsp3) is 0.111. The van der Waals surface area contributed by atoms with E-state index in [0.717, 1.165) is 11.3 Å². The number of nitrogens with one attached hydrogen (secondary N) is 2. The van der Waals surface area contributed by atoms with Crippen LogP contribution in [0.1, 0.15) is 22.3 Å². The molecule has 0 aliphatic heterocycles. The smallest absolute Gasteiger partial charge is 0.267 e. The number of benzene rings is 2. The summed E-state index contributed by atoms with van der Waals surface area (Å²) in [6, 6.07) is 21.9. The van der Waals surface area contributed by atoms with E-state index in [2.05, 4.69) is 15.6 Å². The zero-order chi connectivity index (χ0) is 24.5. The van der Waals surface area contributed by atoms with Gasteiger partial charge in [-0.25, -0.2) is 4.68 Å². The molecule has 2 aromatic heterocycles. The second-order valence-corrected chi connectivity index (χ2v) is 7.67. The van der Waals surface area contributed by atoms with Gasteiger partial charge in [0.05, 0.1) is 5.69 Å². The van der Waals surface area contributed by atoms with Crippen molar-refractivity contribution in [1.82, 2.24) is 25.4 Å². The van der Waals surface area contributed by atoms with Gasteiger partial charge in [-0.1, -0.05) is 36.4 Å². The minimum atomic E-state index is -0.465. The summed E-state index contributed by atoms with van der Waals surface area (Å²) in [6.45, 7) is 0.220. The zero-order valence-electron chi connectivity index (χ0n) is 19.0. The molecule has 8 heteroatoms. The van der Waals surface area contributed by atoms with Crippen molar-refractivity contribution in [2.45, 2.75) is 6.42 Å². The van der Waals surface area contributed by atoms with Crippen LogP contribution in [0, 0.1) is 0 Å². The van der Waals surface area contributed by atoms with Gasteiger partial charge < -0.3 is 15.7 Å². The van der Waals surface area contributed by atoms with Gasteiger partial charge >= 0.3 is 0 Å². The lowest BCUT2D eigenvalue weighted by molar-refractivity contribution is -0.117. The lowest BCUT2D eigenvalue weighted by Crippen LogP contribution is -2.35. The average Bonchev–Trinajstić information content (AvgIpc) is 3.33. The van der Waals surface area contributed by atoms with Crippen LogP contribution < -0.4 is 10.6 Å². The third-order valence-electron chi connectivity index (χ3n) is 5.15. The molecule has 8 nitrogen and oxygen atoms in total. The Morgan fingerprint density at radius 1 is 0.971 bits per heavy atom. The summed E-state index contributed by atoms with van der Waals surface area (Å²) in [4.78, 5) is 30.1. The molecule has 0 atom stereocenters. The molecular formula is C27H25N5O3. The van der Waals surface area contributed by atoms with Crippen LogP contribution in [0.15, 0.2) is 97.1 Å². The van der Waals surface area contributed by atoms with E-state index in [0.29, 0.717) is 23.2 Å². The molecule has 0 unspecified atom stereocenters. The molecule has 0 radical (unpaired) electrons. The van der Waals surface area contributed by atoms with Crippen molar-refractivity contribution < 1.29 is 14.7 Å². The van der Waals surface area contributed by atoms with Crippen molar-refractivity contribution in [3.8, 4) is 16.9 Å². The lowest BCUT2D eigenvalue weighted by atomic mass is 10.1. The number of nitrogens with zero attached hydrogens (tertiary/aromatic N) is 3. The standard InChI is InChI=1S/C27H25N5O3/c33-16-8-15-29-27(35)24(30-26(34)20-9-3-1-4-10-20)17-22-19-32(23-12-5-2-6-13-23)31-25(22)21-11-7-14-28-18-21/h1-7,9-14,17-19,33H,8,15-16H2,(H,29,35)(H,30,34). The third-order valence-corrected chi connectivity index (χ3v) is 5.15. The summed E-state index contributed by atoms with van der Waals surface area (Å²) >= 11 is 0. The number of rotatable bonds is 9. The SMILES string of the molecule is O=C(NCCCO)C(=Cc1cn(-c2ccccc2)nc1-c1cccnc1)NC(=O)c1ccccc1. The van der Waals surface area contributed by atoms with Crippen molar-refractivity contribution in [2.75, 3.05) is 13.2 Å². The monoisotopic (exact) mass is 467 g/mol. The minimum Gasteiger partial charge on any atom is -0.396 e. The summed E-state index contributed by atoms with van der Waals surface area (Å²) in [7, 11) is 0. The molecule has 2 heterocycles. The molecule has 0 aliphatic carbocycles. The maximum absolute atomic E-state index is 13.0. The van der Waals surface area contributed by atoms with Crippen molar-refractivity contribution in [2.24, 2.45) is 0 Å². The first kappa shape index (κ1) is 23.6. The second-order valence-electron chi connectivity index (χ2n) is 7.67. The molecule has 3 N–H and O–H groups in total. The fourth-order valence-corrected chi connectivity index (χ4v) is 3.41. The van der Waals surface area contributed by atoms with Gasteiger partial charge in [-0.15, -0.1) is 0 Å². The van der Waals surface area contributed by atoms with Crippen molar-refractivity contribution in [3.05, 3.63) is 108 Å². The van der Waals surface area contributed by atoms with E-state index in [1.807, 2.05) is 48.5 Å². The Morgan fingerprint density at radius 2 is 1.71 bits per heavy atom. The van der Waals surface area contributed by atoms with Crippen LogP contribution in [0.3, 0.4) is 0 Å². The topological polar surface area (TPSA) is 109 Å². The molecule has 0 saturated heterocycles. The minimum absolute atomic E-state index is 0.0509. The van der Waals surface area contributed by atoms with Gasteiger partial charge in [0.2, 0.25) is 0 Å². The number of carbonyl (C=O) groups excluding carboxylic acids is 2. The van der Waals surface area contributed by atoms with Crippen LogP contribution >= 0.6 is 0 Å². The first-order chi connectivity index (χ1) is 17.2. The van der Waals surface area contributed by atoms with Crippen molar-refractivity contribution in [3.63, 3.8) is 0 Å². The molecule has 4 aromatic rings. The molecule has 0 aliphatic rings. The molecule has 0 saturated carbocycles. The molecule has 0 fully saturated rings. The molecule has 4 rings (SSSR count). The second kappa shape index (κ2) is 11.5. The van der Waals surface area contributed by atoms with Gasteiger partial charge in [-0.2, -0.15) is 5.10 Å². The summed E-state index contributed by atoms with van der Waals surface area (Å²) < 4.78 is 1.72. The van der Waals surface area contributed by atoms with Gasteiger partial charge in [0.25, 0.3) is 11.8 Å². The van der Waals surface area contributed by atoms with Crippen molar-refractivity contribution >= 4 is 17.9 Å². The predicted octanol–water partition coefficient (Wildman–Crippen LogP) is 3.20. The normalized spacial score (nSPS) is 11.2. The number of pyridine rings is 1.